The molecule has 0 saturated carbocycles. The Morgan fingerprint density at radius 3 is 1.59 bits per heavy atom. The molecule has 1 heterocycles. The predicted molar refractivity (Wildman–Crippen MR) is 174 cm³/mol. The van der Waals surface area contributed by atoms with Crippen LogP contribution in [0.15, 0.2) is 0 Å². The van der Waals surface area contributed by atoms with Crippen LogP contribution in [0.25, 0.3) is 0 Å². The molecule has 6 atom stereocenters. The summed E-state index contributed by atoms with van der Waals surface area (Å²) >= 11 is 0. The molecule has 46 heavy (non-hydrogen) atoms. The third-order valence-electron chi connectivity index (χ3n) is 8.19. The molecule has 0 radical (unpaired) electrons. The van der Waals surface area contributed by atoms with Gasteiger partial charge in [0.2, 0.25) is 0 Å². The summed E-state index contributed by atoms with van der Waals surface area (Å²) < 4.78 is 53.4. The summed E-state index contributed by atoms with van der Waals surface area (Å²) in [7, 11) is -4.58. The van der Waals surface area contributed by atoms with Gasteiger partial charge >= 0.3 is 11.9 Å². The number of hydrogen-bond donors (Lipinski definition) is 4. The van der Waals surface area contributed by atoms with E-state index in [2.05, 4.69) is 13.8 Å². The fourth-order valence-electron chi connectivity index (χ4n) is 5.38. The first-order chi connectivity index (χ1) is 22.0. The maximum absolute atomic E-state index is 12.5. The highest BCUT2D eigenvalue weighted by atomic mass is 32.2. The van der Waals surface area contributed by atoms with Gasteiger partial charge < -0.3 is 34.3 Å². The molecule has 0 aromatic carbocycles. The van der Waals surface area contributed by atoms with Gasteiger partial charge in [-0.3, -0.25) is 14.1 Å². The molecule has 13 heteroatoms. The van der Waals surface area contributed by atoms with Gasteiger partial charge in [-0.1, -0.05) is 117 Å². The zero-order chi connectivity index (χ0) is 34.2. The van der Waals surface area contributed by atoms with E-state index in [0.29, 0.717) is 12.8 Å². The predicted octanol–water partition coefficient (Wildman–Crippen LogP) is 5.00. The van der Waals surface area contributed by atoms with E-state index in [-0.39, 0.29) is 19.4 Å². The summed E-state index contributed by atoms with van der Waals surface area (Å²) in [5.74, 6) is -1.99. The molecule has 1 rings (SSSR count). The van der Waals surface area contributed by atoms with Crippen LogP contribution in [0.1, 0.15) is 142 Å². The van der Waals surface area contributed by atoms with Gasteiger partial charge in [-0.2, -0.15) is 8.42 Å². The molecule has 0 bridgehead atoms. The maximum Gasteiger partial charge on any atom is 0.306 e. The Kier molecular flexibility index (Phi) is 23.8. The highest BCUT2D eigenvalue weighted by molar-refractivity contribution is 7.85. The summed E-state index contributed by atoms with van der Waals surface area (Å²) in [6.45, 7) is 3.61. The van der Waals surface area contributed by atoms with Gasteiger partial charge in [0, 0.05) is 12.8 Å². The molecule has 1 aliphatic heterocycles. The number of aliphatic hydroxyl groups is 3. The highest BCUT2D eigenvalue weighted by Crippen LogP contribution is 2.24. The zero-order valence-corrected chi connectivity index (χ0v) is 29.0. The van der Waals surface area contributed by atoms with Gasteiger partial charge in [0.25, 0.3) is 10.1 Å². The Hall–Kier alpha value is -1.35. The largest absolute Gasteiger partial charge is 0.462 e. The SMILES string of the molecule is CCCCCCCCCCCCCCCC(=O)OC[C@H](CO[C@@H]1O[C@H](CS(=O)(=O)O)[C@@H](O)[C@H](O)[C@H]1O)OC(=O)CCCCCCC. The second-order valence-corrected chi connectivity index (χ2v) is 14.0. The maximum atomic E-state index is 12.5. The van der Waals surface area contributed by atoms with E-state index in [4.69, 9.17) is 23.5 Å². The first-order valence-corrected chi connectivity index (χ1v) is 19.2. The molecule has 272 valence electrons. The third-order valence-corrected chi connectivity index (χ3v) is 8.94. The molecule has 0 aromatic rings. The molecule has 12 nitrogen and oxygen atoms in total. The van der Waals surface area contributed by atoms with E-state index >= 15 is 0 Å². The molecule has 0 aliphatic carbocycles. The number of aliphatic hydroxyl groups excluding tert-OH is 3. The van der Waals surface area contributed by atoms with Gasteiger partial charge in [0.15, 0.2) is 12.4 Å². The summed E-state index contributed by atoms with van der Waals surface area (Å²) in [6.07, 6.45) is 10.9. The van der Waals surface area contributed by atoms with Gasteiger partial charge in [0.1, 0.15) is 36.8 Å². The molecule has 1 saturated heterocycles. The lowest BCUT2D eigenvalue weighted by molar-refractivity contribution is -0.297. The molecular weight excluding hydrogens is 620 g/mol. The topological polar surface area (TPSA) is 186 Å². The van der Waals surface area contributed by atoms with E-state index in [1.807, 2.05) is 0 Å². The van der Waals surface area contributed by atoms with Crippen molar-refractivity contribution in [1.29, 1.82) is 0 Å². The summed E-state index contributed by atoms with van der Waals surface area (Å²) in [5.41, 5.74) is 0. The average molecular weight is 683 g/mol. The number of carbonyl (C=O) groups is 2. The van der Waals surface area contributed by atoms with Gasteiger partial charge in [0.05, 0.1) is 6.61 Å². The van der Waals surface area contributed by atoms with Crippen molar-refractivity contribution in [1.82, 2.24) is 0 Å². The summed E-state index contributed by atoms with van der Waals surface area (Å²) in [6, 6.07) is 0. The minimum absolute atomic E-state index is 0.164. The van der Waals surface area contributed by atoms with Crippen LogP contribution >= 0.6 is 0 Å². The van der Waals surface area contributed by atoms with Crippen molar-refractivity contribution in [3.8, 4) is 0 Å². The first kappa shape index (κ1) is 42.7. The van der Waals surface area contributed by atoms with Crippen molar-refractivity contribution in [2.24, 2.45) is 0 Å². The number of ether oxygens (including phenoxy) is 4. The average Bonchev–Trinajstić information content (AvgIpc) is 3.00. The van der Waals surface area contributed by atoms with Crippen molar-refractivity contribution < 1.29 is 56.8 Å². The lowest BCUT2D eigenvalue weighted by Crippen LogP contribution is -2.60. The van der Waals surface area contributed by atoms with Crippen molar-refractivity contribution in [2.45, 2.75) is 179 Å². The molecule has 0 aromatic heterocycles. The van der Waals surface area contributed by atoms with E-state index < -0.39 is 71.2 Å². The molecule has 0 unspecified atom stereocenters. The summed E-state index contributed by atoms with van der Waals surface area (Å²) in [5, 5.41) is 30.5. The molecule has 4 N–H and O–H groups in total. The number of unbranched alkanes of at least 4 members (excludes halogenated alkanes) is 16. The molecular formula is C33H62O12S. The smallest absolute Gasteiger partial charge is 0.306 e. The van der Waals surface area contributed by atoms with Gasteiger partial charge in [-0.05, 0) is 12.8 Å². The van der Waals surface area contributed by atoms with E-state index in [1.54, 1.807) is 0 Å². The fraction of sp³-hybridized carbons (Fsp3) is 0.939. The van der Waals surface area contributed by atoms with Crippen LogP contribution in [0, 0.1) is 0 Å². The van der Waals surface area contributed by atoms with Crippen molar-refractivity contribution in [3.63, 3.8) is 0 Å². The zero-order valence-electron chi connectivity index (χ0n) is 28.2. The number of carbonyl (C=O) groups excluding carboxylic acids is 2. The Balaban J connectivity index is 2.48. The third kappa shape index (κ3) is 20.8. The first-order valence-electron chi connectivity index (χ1n) is 17.6. The second kappa shape index (κ2) is 25.6. The van der Waals surface area contributed by atoms with Crippen LogP contribution in [0.4, 0.5) is 0 Å². The van der Waals surface area contributed by atoms with Gasteiger partial charge in [-0.25, -0.2) is 0 Å². The lowest BCUT2D eigenvalue weighted by Gasteiger charge is -2.40. The van der Waals surface area contributed by atoms with Crippen molar-refractivity contribution in [3.05, 3.63) is 0 Å². The minimum Gasteiger partial charge on any atom is -0.462 e. The summed E-state index contributed by atoms with van der Waals surface area (Å²) in [4.78, 5) is 24.9. The Labute approximate surface area is 276 Å². The Morgan fingerprint density at radius 2 is 1.11 bits per heavy atom. The molecule has 1 aliphatic rings. The molecule has 1 fully saturated rings. The quantitative estimate of drug-likeness (QED) is 0.0493. The lowest BCUT2D eigenvalue weighted by atomic mass is 10.00. The number of esters is 2. The van der Waals surface area contributed by atoms with Crippen LogP contribution in [0.3, 0.4) is 0 Å². The van der Waals surface area contributed by atoms with Crippen molar-refractivity contribution in [2.75, 3.05) is 19.0 Å². The number of rotatable bonds is 28. The Bertz CT molecular complexity index is 899. The van der Waals surface area contributed by atoms with Crippen molar-refractivity contribution >= 4 is 22.1 Å². The van der Waals surface area contributed by atoms with Crippen LogP contribution in [-0.4, -0.2) is 96.0 Å². The minimum atomic E-state index is -4.58. The standard InChI is InChI=1S/C33H62O12S/c1-3-5-7-9-10-11-12-13-14-15-16-18-19-21-28(34)42-23-26(44-29(35)22-20-17-8-6-4-2)24-43-33-32(38)31(37)30(36)27(45-33)25-46(39,40)41/h26-27,30-33,36-38H,3-25H2,1-2H3,(H,39,40,41)/t26-,27-,30-,31+,32-,33-/m1/s1. The van der Waals surface area contributed by atoms with E-state index in [0.717, 1.165) is 44.9 Å². The van der Waals surface area contributed by atoms with Crippen LogP contribution in [-0.2, 0) is 38.7 Å². The monoisotopic (exact) mass is 682 g/mol. The normalized spacial score (nSPS) is 22.4. The van der Waals surface area contributed by atoms with Crippen LogP contribution in [0.2, 0.25) is 0 Å². The molecule has 0 spiro atoms. The number of hydrogen-bond acceptors (Lipinski definition) is 11. The van der Waals surface area contributed by atoms with Gasteiger partial charge in [-0.15, -0.1) is 0 Å². The highest BCUT2D eigenvalue weighted by Gasteiger charge is 2.46. The van der Waals surface area contributed by atoms with Crippen LogP contribution in [0.5, 0.6) is 0 Å². The second-order valence-electron chi connectivity index (χ2n) is 12.5. The van der Waals surface area contributed by atoms with E-state index in [9.17, 15) is 33.3 Å². The van der Waals surface area contributed by atoms with Crippen LogP contribution < -0.4 is 0 Å². The fourth-order valence-corrected chi connectivity index (χ4v) is 6.07. The molecule has 0 amide bonds. The Morgan fingerprint density at radius 1 is 0.652 bits per heavy atom. The van der Waals surface area contributed by atoms with E-state index in [1.165, 1.54) is 57.8 Å².